The Labute approximate surface area is 139 Å². The number of fused-ring (bicyclic) bond motifs is 1. The molecule has 1 heterocycles. The van der Waals surface area contributed by atoms with Crippen molar-refractivity contribution in [2.75, 3.05) is 4.90 Å². The van der Waals surface area contributed by atoms with Crippen LogP contribution < -0.4 is 10.2 Å². The highest BCUT2D eigenvalue weighted by Gasteiger charge is 2.68. The van der Waals surface area contributed by atoms with Crippen LogP contribution in [0.4, 0.5) is 5.69 Å². The molecule has 1 aliphatic carbocycles. The first kappa shape index (κ1) is 15.1. The minimum atomic E-state index is -0.985. The minimum absolute atomic E-state index is 0.214. The third-order valence-electron chi connectivity index (χ3n) is 4.41. The van der Waals surface area contributed by atoms with E-state index in [0.717, 1.165) is 12.1 Å². The fourth-order valence-corrected chi connectivity index (χ4v) is 3.89. The third kappa shape index (κ3) is 2.33. The predicted molar refractivity (Wildman–Crippen MR) is 90.0 cm³/mol. The normalized spacial score (nSPS) is 29.0. The summed E-state index contributed by atoms with van der Waals surface area (Å²) in [7, 11) is 0. The molecule has 3 nitrogen and oxygen atoms in total. The van der Waals surface area contributed by atoms with E-state index in [-0.39, 0.29) is 11.9 Å². The number of rotatable bonds is 1. The number of hydrogen-bond acceptors (Lipinski definition) is 2. The summed E-state index contributed by atoms with van der Waals surface area (Å²) in [6.07, 6.45) is 1.36. The lowest BCUT2D eigenvalue weighted by atomic mass is 10.1. The maximum atomic E-state index is 12.3. The summed E-state index contributed by atoms with van der Waals surface area (Å²) >= 11 is 17.5. The molecule has 1 aromatic rings. The lowest BCUT2D eigenvalue weighted by molar-refractivity contribution is -0.124. The monoisotopic (exact) mass is 342 g/mol. The zero-order valence-corrected chi connectivity index (χ0v) is 14.1. The topological polar surface area (TPSA) is 32.3 Å². The van der Waals surface area contributed by atoms with Crippen molar-refractivity contribution in [3.05, 3.63) is 29.8 Å². The SMILES string of the molecule is C[C@H]1Cc2ccccc2N1C(=S)NC(=O)[C@@]1(C)CC1(Cl)Cl. The van der Waals surface area contributed by atoms with Crippen molar-refractivity contribution in [1.29, 1.82) is 0 Å². The summed E-state index contributed by atoms with van der Waals surface area (Å²) < 4.78 is -0.985. The van der Waals surface area contributed by atoms with E-state index in [1.807, 2.05) is 23.1 Å². The van der Waals surface area contributed by atoms with E-state index in [1.165, 1.54) is 5.56 Å². The van der Waals surface area contributed by atoms with Crippen LogP contribution in [-0.2, 0) is 11.2 Å². The first-order valence-corrected chi connectivity index (χ1v) is 8.03. The molecule has 0 spiro atoms. The number of halogens is 2. The molecule has 112 valence electrons. The molecule has 1 saturated carbocycles. The van der Waals surface area contributed by atoms with E-state index in [4.69, 9.17) is 35.4 Å². The molecule has 0 unspecified atom stereocenters. The summed E-state index contributed by atoms with van der Waals surface area (Å²) in [5.74, 6) is -0.214. The molecular weight excluding hydrogens is 327 g/mol. The fourth-order valence-electron chi connectivity index (χ4n) is 2.82. The molecule has 3 rings (SSSR count). The molecule has 0 radical (unpaired) electrons. The number of para-hydroxylation sites is 1. The first-order chi connectivity index (χ1) is 9.76. The van der Waals surface area contributed by atoms with E-state index in [9.17, 15) is 4.79 Å². The Balaban J connectivity index is 1.77. The molecule has 0 aromatic heterocycles. The summed E-state index contributed by atoms with van der Waals surface area (Å²) in [4.78, 5) is 14.3. The van der Waals surface area contributed by atoms with Crippen molar-refractivity contribution in [1.82, 2.24) is 5.32 Å². The van der Waals surface area contributed by atoms with Gasteiger partial charge in [0.15, 0.2) is 5.11 Å². The molecule has 2 atom stereocenters. The number of carbonyl (C=O) groups excluding carboxylic acids is 1. The van der Waals surface area contributed by atoms with Crippen LogP contribution in [0.5, 0.6) is 0 Å². The number of hydrogen-bond donors (Lipinski definition) is 1. The molecule has 1 fully saturated rings. The Morgan fingerprint density at radius 1 is 1.43 bits per heavy atom. The molecule has 1 aliphatic heterocycles. The Morgan fingerprint density at radius 3 is 2.67 bits per heavy atom. The molecule has 1 aromatic carbocycles. The largest absolute Gasteiger partial charge is 0.315 e. The summed E-state index contributed by atoms with van der Waals surface area (Å²) in [6, 6.07) is 8.31. The summed E-state index contributed by atoms with van der Waals surface area (Å²) in [5.41, 5.74) is 1.53. The number of carbonyl (C=O) groups is 1. The van der Waals surface area contributed by atoms with Crippen LogP contribution in [0.15, 0.2) is 24.3 Å². The van der Waals surface area contributed by atoms with Crippen LogP contribution in [0.25, 0.3) is 0 Å². The molecule has 0 saturated heterocycles. The van der Waals surface area contributed by atoms with Gasteiger partial charge in [-0.1, -0.05) is 18.2 Å². The Bertz CT molecular complexity index is 634. The second-order valence-corrected chi connectivity index (χ2v) is 7.90. The van der Waals surface area contributed by atoms with Crippen LogP contribution in [0.2, 0.25) is 0 Å². The fraction of sp³-hybridized carbons (Fsp3) is 0.467. The van der Waals surface area contributed by atoms with Crippen LogP contribution in [-0.4, -0.2) is 21.4 Å². The van der Waals surface area contributed by atoms with Crippen molar-refractivity contribution >= 4 is 52.1 Å². The summed E-state index contributed by atoms with van der Waals surface area (Å²) in [5, 5.41) is 3.21. The van der Waals surface area contributed by atoms with Gasteiger partial charge in [0.1, 0.15) is 4.33 Å². The highest BCUT2D eigenvalue weighted by Crippen LogP contribution is 2.63. The predicted octanol–water partition coefficient (Wildman–Crippen LogP) is 3.42. The van der Waals surface area contributed by atoms with Crippen molar-refractivity contribution in [3.63, 3.8) is 0 Å². The van der Waals surface area contributed by atoms with Crippen LogP contribution in [0.1, 0.15) is 25.8 Å². The van der Waals surface area contributed by atoms with Gasteiger partial charge in [0.05, 0.1) is 5.41 Å². The standard InChI is InChI=1S/C15H16Cl2N2OS/c1-9-7-10-5-3-4-6-11(10)19(9)13(21)18-12(20)14(2)8-15(14,16)17/h3-6,9H,7-8H2,1-2H3,(H,18,20,21)/t9-,14+/m0/s1. The zero-order valence-electron chi connectivity index (χ0n) is 11.8. The van der Waals surface area contributed by atoms with Crippen molar-refractivity contribution < 1.29 is 4.79 Å². The van der Waals surface area contributed by atoms with Crippen LogP contribution >= 0.6 is 35.4 Å². The van der Waals surface area contributed by atoms with Gasteiger partial charge in [0.2, 0.25) is 5.91 Å². The number of amides is 1. The van der Waals surface area contributed by atoms with Gasteiger partial charge in [-0.2, -0.15) is 0 Å². The molecule has 0 bridgehead atoms. The number of nitrogens with one attached hydrogen (secondary N) is 1. The molecular formula is C15H16Cl2N2OS. The number of benzene rings is 1. The lowest BCUT2D eigenvalue weighted by Crippen LogP contribution is -2.48. The number of thiocarbonyl (C=S) groups is 1. The Morgan fingerprint density at radius 2 is 2.05 bits per heavy atom. The van der Waals surface area contributed by atoms with Gasteiger partial charge in [-0.15, -0.1) is 23.2 Å². The number of alkyl halides is 2. The van der Waals surface area contributed by atoms with Gasteiger partial charge in [0, 0.05) is 11.7 Å². The maximum absolute atomic E-state index is 12.3. The lowest BCUT2D eigenvalue weighted by Gasteiger charge is -2.26. The van der Waals surface area contributed by atoms with Crippen molar-refractivity contribution in [3.8, 4) is 0 Å². The summed E-state index contributed by atoms with van der Waals surface area (Å²) in [6.45, 7) is 3.84. The average molecular weight is 343 g/mol. The van der Waals surface area contributed by atoms with Gasteiger partial charge in [-0.3, -0.25) is 4.79 Å². The van der Waals surface area contributed by atoms with Gasteiger partial charge < -0.3 is 10.2 Å². The smallest absolute Gasteiger partial charge is 0.235 e. The third-order valence-corrected chi connectivity index (χ3v) is 5.81. The first-order valence-electron chi connectivity index (χ1n) is 6.87. The Kier molecular flexibility index (Phi) is 3.47. The molecule has 6 heteroatoms. The van der Waals surface area contributed by atoms with Gasteiger partial charge in [0.25, 0.3) is 0 Å². The number of anilines is 1. The highest BCUT2D eigenvalue weighted by molar-refractivity contribution is 7.80. The van der Waals surface area contributed by atoms with E-state index in [0.29, 0.717) is 11.5 Å². The van der Waals surface area contributed by atoms with E-state index in [2.05, 4.69) is 18.3 Å². The molecule has 1 N–H and O–H groups in total. The minimum Gasteiger partial charge on any atom is -0.315 e. The van der Waals surface area contributed by atoms with Crippen molar-refractivity contribution in [2.45, 2.75) is 37.1 Å². The van der Waals surface area contributed by atoms with E-state index >= 15 is 0 Å². The van der Waals surface area contributed by atoms with Gasteiger partial charge >= 0.3 is 0 Å². The van der Waals surface area contributed by atoms with E-state index < -0.39 is 9.75 Å². The second kappa shape index (κ2) is 4.83. The van der Waals surface area contributed by atoms with E-state index in [1.54, 1.807) is 6.92 Å². The molecule has 2 aliphatic rings. The van der Waals surface area contributed by atoms with Gasteiger partial charge in [-0.05, 0) is 50.5 Å². The van der Waals surface area contributed by atoms with Crippen LogP contribution in [0, 0.1) is 5.41 Å². The Hall–Kier alpha value is -0.840. The number of nitrogens with zero attached hydrogens (tertiary/aromatic N) is 1. The molecule has 21 heavy (non-hydrogen) atoms. The second-order valence-electron chi connectivity index (χ2n) is 6.02. The van der Waals surface area contributed by atoms with Crippen molar-refractivity contribution in [2.24, 2.45) is 5.41 Å². The van der Waals surface area contributed by atoms with Gasteiger partial charge in [-0.25, -0.2) is 0 Å². The van der Waals surface area contributed by atoms with Crippen LogP contribution in [0.3, 0.4) is 0 Å². The highest BCUT2D eigenvalue weighted by atomic mass is 35.5. The zero-order chi connectivity index (χ0) is 15.4. The quantitative estimate of drug-likeness (QED) is 0.626. The maximum Gasteiger partial charge on any atom is 0.235 e. The average Bonchev–Trinajstić information content (AvgIpc) is 2.77. The molecule has 1 amide bonds.